The number of nitrogens with zero attached hydrogens (tertiary/aromatic N) is 1. The fourth-order valence-corrected chi connectivity index (χ4v) is 2.18. The fraction of sp³-hybridized carbons (Fsp3) is 0.182. The summed E-state index contributed by atoms with van der Waals surface area (Å²) in [4.78, 5) is 0. The van der Waals surface area contributed by atoms with Gasteiger partial charge in [0.25, 0.3) is 0 Å². The van der Waals surface area contributed by atoms with Crippen molar-refractivity contribution in [2.75, 3.05) is 11.9 Å². The van der Waals surface area contributed by atoms with E-state index < -0.39 is 0 Å². The molecule has 1 aromatic carbocycles. The number of H-pyrrole nitrogens is 1. The van der Waals surface area contributed by atoms with Gasteiger partial charge in [-0.3, -0.25) is 5.10 Å². The third kappa shape index (κ3) is 1.45. The number of halogens is 1. The minimum absolute atomic E-state index is 0.996. The second kappa shape index (κ2) is 3.38. The van der Waals surface area contributed by atoms with Gasteiger partial charge in [-0.2, -0.15) is 5.10 Å². The fourth-order valence-electron chi connectivity index (χ4n) is 1.92. The van der Waals surface area contributed by atoms with Crippen molar-refractivity contribution in [2.45, 2.75) is 6.42 Å². The predicted molar refractivity (Wildman–Crippen MR) is 63.9 cm³/mol. The third-order valence-corrected chi connectivity index (χ3v) is 3.20. The van der Waals surface area contributed by atoms with Crippen molar-refractivity contribution >= 4 is 21.7 Å². The van der Waals surface area contributed by atoms with E-state index in [2.05, 4.69) is 43.6 Å². The molecule has 76 valence electrons. The highest BCUT2D eigenvalue weighted by atomic mass is 79.9. The monoisotopic (exact) mass is 263 g/mol. The van der Waals surface area contributed by atoms with Gasteiger partial charge in [0, 0.05) is 16.6 Å². The Labute approximate surface area is 96.0 Å². The van der Waals surface area contributed by atoms with E-state index in [1.807, 2.05) is 12.1 Å². The molecule has 0 bridgehead atoms. The molecule has 0 amide bonds. The molecule has 0 unspecified atom stereocenters. The predicted octanol–water partition coefficient (Wildman–Crippen LogP) is 2.81. The molecule has 1 aromatic heterocycles. The zero-order valence-corrected chi connectivity index (χ0v) is 9.63. The zero-order chi connectivity index (χ0) is 10.3. The molecular formula is C11H10BrN3. The van der Waals surface area contributed by atoms with Gasteiger partial charge >= 0.3 is 0 Å². The van der Waals surface area contributed by atoms with Gasteiger partial charge in [-0.25, -0.2) is 0 Å². The van der Waals surface area contributed by atoms with Crippen LogP contribution in [0.15, 0.2) is 28.7 Å². The molecule has 0 radical (unpaired) electrons. The van der Waals surface area contributed by atoms with Crippen LogP contribution in [0.2, 0.25) is 0 Å². The number of benzene rings is 1. The summed E-state index contributed by atoms with van der Waals surface area (Å²) in [7, 11) is 0. The summed E-state index contributed by atoms with van der Waals surface area (Å²) < 4.78 is 1.10. The topological polar surface area (TPSA) is 40.7 Å². The third-order valence-electron chi connectivity index (χ3n) is 2.67. The highest BCUT2D eigenvalue weighted by Gasteiger charge is 2.18. The number of rotatable bonds is 1. The molecule has 4 heteroatoms. The van der Waals surface area contributed by atoms with Gasteiger partial charge in [0.05, 0.1) is 5.69 Å². The number of hydrogen-bond donors (Lipinski definition) is 2. The van der Waals surface area contributed by atoms with Gasteiger partial charge in [0.2, 0.25) is 0 Å². The number of fused-ring (bicyclic) bond motifs is 1. The van der Waals surface area contributed by atoms with E-state index in [0.717, 1.165) is 29.0 Å². The Kier molecular flexibility index (Phi) is 2.02. The van der Waals surface area contributed by atoms with Crippen molar-refractivity contribution in [3.05, 3.63) is 34.3 Å². The largest absolute Gasteiger partial charge is 0.368 e. The summed E-state index contributed by atoms with van der Waals surface area (Å²) >= 11 is 3.43. The average molecular weight is 264 g/mol. The highest BCUT2D eigenvalue weighted by Crippen LogP contribution is 2.30. The standard InChI is InChI=1S/C11H10BrN3/c12-8-3-1-7(2-4-8)10-9-5-6-13-11(9)15-14-10/h1-4H,5-6H2,(H2,13,14,15). The van der Waals surface area contributed by atoms with Crippen molar-refractivity contribution < 1.29 is 0 Å². The van der Waals surface area contributed by atoms with Crippen LogP contribution in [0.1, 0.15) is 5.56 Å². The van der Waals surface area contributed by atoms with Crippen molar-refractivity contribution in [3.8, 4) is 11.3 Å². The summed E-state index contributed by atoms with van der Waals surface area (Å²) in [5, 5.41) is 10.6. The van der Waals surface area contributed by atoms with E-state index in [9.17, 15) is 0 Å². The minimum Gasteiger partial charge on any atom is -0.368 e. The molecule has 3 rings (SSSR count). The van der Waals surface area contributed by atoms with Gasteiger partial charge in [-0.1, -0.05) is 28.1 Å². The summed E-state index contributed by atoms with van der Waals surface area (Å²) in [5.74, 6) is 1.01. The summed E-state index contributed by atoms with van der Waals surface area (Å²) in [6, 6.07) is 8.28. The van der Waals surface area contributed by atoms with Crippen molar-refractivity contribution in [1.82, 2.24) is 10.2 Å². The highest BCUT2D eigenvalue weighted by molar-refractivity contribution is 9.10. The molecule has 2 heterocycles. The lowest BCUT2D eigenvalue weighted by Gasteiger charge is -1.99. The van der Waals surface area contributed by atoms with Crippen LogP contribution in [0.25, 0.3) is 11.3 Å². The first kappa shape index (κ1) is 8.97. The summed E-state index contributed by atoms with van der Waals surface area (Å²) in [6.07, 6.45) is 1.05. The van der Waals surface area contributed by atoms with Gasteiger partial charge in [-0.05, 0) is 24.1 Å². The maximum Gasteiger partial charge on any atom is 0.151 e. The second-order valence-electron chi connectivity index (χ2n) is 3.61. The smallest absolute Gasteiger partial charge is 0.151 e. The van der Waals surface area contributed by atoms with Crippen molar-refractivity contribution in [3.63, 3.8) is 0 Å². The Morgan fingerprint density at radius 3 is 2.80 bits per heavy atom. The number of nitrogens with one attached hydrogen (secondary N) is 2. The number of aromatic nitrogens is 2. The van der Waals surface area contributed by atoms with Crippen LogP contribution in [0, 0.1) is 0 Å². The summed E-state index contributed by atoms with van der Waals surface area (Å²) in [5.41, 5.74) is 3.63. The lowest BCUT2D eigenvalue weighted by atomic mass is 10.1. The molecular weight excluding hydrogens is 254 g/mol. The lowest BCUT2D eigenvalue weighted by molar-refractivity contribution is 1.04. The molecule has 0 saturated heterocycles. The van der Waals surface area contributed by atoms with Crippen LogP contribution in [0.5, 0.6) is 0 Å². The van der Waals surface area contributed by atoms with E-state index in [1.54, 1.807) is 0 Å². The molecule has 0 aliphatic carbocycles. The van der Waals surface area contributed by atoms with E-state index in [4.69, 9.17) is 0 Å². The molecule has 3 nitrogen and oxygen atoms in total. The molecule has 0 atom stereocenters. The van der Waals surface area contributed by atoms with Crippen LogP contribution in [0.3, 0.4) is 0 Å². The Balaban J connectivity index is 2.09. The summed E-state index contributed by atoms with van der Waals surface area (Å²) in [6.45, 7) is 0.996. The maximum absolute atomic E-state index is 4.25. The average Bonchev–Trinajstić information content (AvgIpc) is 2.80. The molecule has 1 aliphatic heterocycles. The Bertz CT molecular complexity index is 487. The van der Waals surface area contributed by atoms with Crippen LogP contribution in [-0.4, -0.2) is 16.7 Å². The molecule has 2 aromatic rings. The van der Waals surface area contributed by atoms with Crippen LogP contribution in [-0.2, 0) is 6.42 Å². The number of aromatic amines is 1. The molecule has 0 saturated carbocycles. The molecule has 1 aliphatic rings. The maximum atomic E-state index is 4.25. The first-order chi connectivity index (χ1) is 7.34. The van der Waals surface area contributed by atoms with Crippen molar-refractivity contribution in [2.24, 2.45) is 0 Å². The van der Waals surface area contributed by atoms with Gasteiger partial charge < -0.3 is 5.32 Å². The molecule has 15 heavy (non-hydrogen) atoms. The van der Waals surface area contributed by atoms with E-state index in [-0.39, 0.29) is 0 Å². The van der Waals surface area contributed by atoms with Crippen molar-refractivity contribution in [1.29, 1.82) is 0 Å². The minimum atomic E-state index is 0.996. The van der Waals surface area contributed by atoms with Gasteiger partial charge in [-0.15, -0.1) is 0 Å². The normalized spacial score (nSPS) is 13.7. The Morgan fingerprint density at radius 1 is 1.20 bits per heavy atom. The van der Waals surface area contributed by atoms with Crippen LogP contribution in [0.4, 0.5) is 5.82 Å². The van der Waals surface area contributed by atoms with Gasteiger partial charge in [0.1, 0.15) is 0 Å². The zero-order valence-electron chi connectivity index (χ0n) is 8.05. The first-order valence-corrected chi connectivity index (χ1v) is 5.71. The molecule has 0 spiro atoms. The Hall–Kier alpha value is -1.29. The second-order valence-corrected chi connectivity index (χ2v) is 4.53. The van der Waals surface area contributed by atoms with E-state index in [0.29, 0.717) is 0 Å². The number of anilines is 1. The lowest BCUT2D eigenvalue weighted by Crippen LogP contribution is -1.94. The van der Waals surface area contributed by atoms with Crippen LogP contribution >= 0.6 is 15.9 Å². The Morgan fingerprint density at radius 2 is 2.00 bits per heavy atom. The van der Waals surface area contributed by atoms with Gasteiger partial charge in [0.15, 0.2) is 5.82 Å². The van der Waals surface area contributed by atoms with Crippen LogP contribution < -0.4 is 5.32 Å². The van der Waals surface area contributed by atoms with E-state index >= 15 is 0 Å². The molecule has 0 fully saturated rings. The first-order valence-electron chi connectivity index (χ1n) is 4.91. The SMILES string of the molecule is Brc1ccc(-c2[nH]nc3c2CCN3)cc1. The quantitative estimate of drug-likeness (QED) is 0.831. The number of hydrogen-bond acceptors (Lipinski definition) is 2. The van der Waals surface area contributed by atoms with E-state index in [1.165, 1.54) is 11.1 Å². The molecule has 2 N–H and O–H groups in total.